The van der Waals surface area contributed by atoms with Crippen molar-refractivity contribution in [3.63, 3.8) is 0 Å². The van der Waals surface area contributed by atoms with Crippen molar-refractivity contribution in [2.45, 2.75) is 26.7 Å². The van der Waals surface area contributed by atoms with Crippen molar-refractivity contribution in [2.75, 3.05) is 31.1 Å². The highest BCUT2D eigenvalue weighted by atomic mass is 16.6. The van der Waals surface area contributed by atoms with E-state index in [0.29, 0.717) is 24.4 Å². The molecule has 0 radical (unpaired) electrons. The van der Waals surface area contributed by atoms with E-state index < -0.39 is 6.09 Å². The second-order valence-electron chi connectivity index (χ2n) is 7.43. The first-order chi connectivity index (χ1) is 13.5. The number of hydrogen-bond donors (Lipinski definition) is 1. The monoisotopic (exact) mass is 379 g/mol. The third kappa shape index (κ3) is 3.47. The Morgan fingerprint density at radius 3 is 2.68 bits per heavy atom. The Kier molecular flexibility index (Phi) is 5.05. The fourth-order valence-corrected chi connectivity index (χ4v) is 3.94. The van der Waals surface area contributed by atoms with Crippen molar-refractivity contribution in [3.8, 4) is 0 Å². The van der Waals surface area contributed by atoms with Crippen LogP contribution < -0.4 is 4.90 Å². The van der Waals surface area contributed by atoms with Crippen LogP contribution in [0.3, 0.4) is 0 Å². The van der Waals surface area contributed by atoms with Gasteiger partial charge in [-0.2, -0.15) is 0 Å². The van der Waals surface area contributed by atoms with Gasteiger partial charge in [0.05, 0.1) is 11.3 Å². The smallest absolute Gasteiger partial charge is 0.421 e. The second kappa shape index (κ2) is 7.64. The summed E-state index contributed by atoms with van der Waals surface area (Å²) >= 11 is 0. The van der Waals surface area contributed by atoms with Crippen LogP contribution in [0.25, 0.3) is 11.6 Å². The fourth-order valence-electron chi connectivity index (χ4n) is 3.94. The maximum Gasteiger partial charge on any atom is 0.421 e. The van der Waals surface area contributed by atoms with Crippen LogP contribution in [-0.2, 0) is 9.53 Å². The molecule has 0 spiro atoms. The van der Waals surface area contributed by atoms with Gasteiger partial charge in [0.1, 0.15) is 6.61 Å². The highest BCUT2D eigenvalue weighted by Crippen LogP contribution is 2.38. The first-order valence-corrected chi connectivity index (χ1v) is 9.75. The number of likely N-dealkylation sites (tertiary alicyclic amines) is 1. The van der Waals surface area contributed by atoms with Gasteiger partial charge < -0.3 is 9.72 Å². The van der Waals surface area contributed by atoms with E-state index in [2.05, 4.69) is 9.88 Å². The number of aromatic nitrogens is 1. The van der Waals surface area contributed by atoms with Crippen molar-refractivity contribution in [1.29, 1.82) is 0 Å². The molecule has 0 unspecified atom stereocenters. The number of para-hydroxylation sites is 1. The van der Waals surface area contributed by atoms with Gasteiger partial charge in [-0.1, -0.05) is 18.2 Å². The van der Waals surface area contributed by atoms with Gasteiger partial charge in [0.15, 0.2) is 0 Å². The number of nitrogens with one attached hydrogen (secondary N) is 1. The number of fused-ring (bicyclic) bond motifs is 1. The van der Waals surface area contributed by atoms with Crippen molar-refractivity contribution in [1.82, 2.24) is 9.88 Å². The molecule has 146 valence electrons. The van der Waals surface area contributed by atoms with Crippen LogP contribution >= 0.6 is 0 Å². The third-order valence-corrected chi connectivity index (χ3v) is 5.36. The number of H-pyrrole nitrogens is 1. The van der Waals surface area contributed by atoms with Gasteiger partial charge in [0, 0.05) is 23.5 Å². The van der Waals surface area contributed by atoms with Crippen LogP contribution in [0.5, 0.6) is 0 Å². The molecular weight excluding hydrogens is 354 g/mol. The van der Waals surface area contributed by atoms with Crippen LogP contribution in [0.15, 0.2) is 30.3 Å². The number of aromatic amines is 1. The summed E-state index contributed by atoms with van der Waals surface area (Å²) in [7, 11) is 0. The molecular formula is C22H25N3O3. The van der Waals surface area contributed by atoms with E-state index >= 15 is 0 Å². The molecule has 6 nitrogen and oxygen atoms in total. The van der Waals surface area contributed by atoms with Crippen LogP contribution in [0.4, 0.5) is 10.5 Å². The number of rotatable bonds is 4. The lowest BCUT2D eigenvalue weighted by molar-refractivity contribution is -0.112. The molecule has 0 aliphatic carbocycles. The number of amides is 2. The molecule has 28 heavy (non-hydrogen) atoms. The number of benzene rings is 1. The number of nitrogens with zero attached hydrogens (tertiary/aromatic N) is 2. The maximum absolute atomic E-state index is 13.1. The molecule has 1 aromatic heterocycles. The molecule has 2 aromatic rings. The second-order valence-corrected chi connectivity index (χ2v) is 7.43. The molecule has 6 heteroatoms. The van der Waals surface area contributed by atoms with Gasteiger partial charge >= 0.3 is 6.09 Å². The standard InChI is InChI=1S/C22H25N3O3/c1-15-13-16(2)23-19(15)14-18-17-7-3-4-8-20(17)25(21(18)26)22(27)28-12-11-24-9-5-6-10-24/h3-4,7-8,13-14,23H,5-6,9-12H2,1-2H3. The van der Waals surface area contributed by atoms with Gasteiger partial charge in [-0.25, -0.2) is 9.69 Å². The highest BCUT2D eigenvalue weighted by molar-refractivity contribution is 6.41. The van der Waals surface area contributed by atoms with Crippen LogP contribution in [0.1, 0.15) is 35.4 Å². The van der Waals surface area contributed by atoms with Gasteiger partial charge in [-0.3, -0.25) is 9.69 Å². The molecule has 3 heterocycles. The summed E-state index contributed by atoms with van der Waals surface area (Å²) < 4.78 is 5.43. The highest BCUT2D eigenvalue weighted by Gasteiger charge is 2.37. The molecule has 2 aliphatic rings. The van der Waals surface area contributed by atoms with Gasteiger partial charge in [-0.15, -0.1) is 0 Å². The molecule has 1 aromatic carbocycles. The van der Waals surface area contributed by atoms with E-state index in [4.69, 9.17) is 4.74 Å². The molecule has 2 amide bonds. The van der Waals surface area contributed by atoms with Crippen molar-refractivity contribution in [2.24, 2.45) is 0 Å². The molecule has 0 atom stereocenters. The quantitative estimate of drug-likeness (QED) is 0.822. The van der Waals surface area contributed by atoms with E-state index in [9.17, 15) is 9.59 Å². The van der Waals surface area contributed by atoms with Gasteiger partial charge in [-0.05, 0) is 63.6 Å². The Hall–Kier alpha value is -2.86. The number of aryl methyl sites for hydroxylation is 2. The Balaban J connectivity index is 1.56. The molecule has 0 bridgehead atoms. The zero-order valence-corrected chi connectivity index (χ0v) is 16.3. The predicted octanol–water partition coefficient (Wildman–Crippen LogP) is 3.75. The summed E-state index contributed by atoms with van der Waals surface area (Å²) in [6, 6.07) is 9.37. The number of hydrogen-bond acceptors (Lipinski definition) is 4. The minimum atomic E-state index is -0.612. The van der Waals surface area contributed by atoms with E-state index in [-0.39, 0.29) is 5.91 Å². The van der Waals surface area contributed by atoms with Gasteiger partial charge in [0.25, 0.3) is 5.91 Å². The SMILES string of the molecule is Cc1cc(C)c(C=C2C(=O)N(C(=O)OCCN3CCCC3)c3ccccc32)[nH]1. The molecule has 4 rings (SSSR count). The largest absolute Gasteiger partial charge is 0.447 e. The molecule has 0 saturated carbocycles. The molecule has 2 aliphatic heterocycles. The molecule has 1 saturated heterocycles. The molecule has 1 N–H and O–H groups in total. The lowest BCUT2D eigenvalue weighted by Gasteiger charge is -2.17. The molecule has 1 fully saturated rings. The van der Waals surface area contributed by atoms with Crippen molar-refractivity contribution in [3.05, 3.63) is 52.8 Å². The summed E-state index contributed by atoms with van der Waals surface area (Å²) in [5, 5.41) is 0. The number of anilines is 1. The first kappa shape index (κ1) is 18.5. The van der Waals surface area contributed by atoms with Crippen molar-refractivity contribution < 1.29 is 14.3 Å². The van der Waals surface area contributed by atoms with E-state index in [1.165, 1.54) is 12.8 Å². The summed E-state index contributed by atoms with van der Waals surface area (Å²) in [4.78, 5) is 32.5. The number of ether oxygens (including phenoxy) is 1. The Morgan fingerprint density at radius 2 is 1.96 bits per heavy atom. The minimum Gasteiger partial charge on any atom is -0.447 e. The zero-order valence-electron chi connectivity index (χ0n) is 16.3. The van der Waals surface area contributed by atoms with E-state index in [0.717, 1.165) is 40.5 Å². The normalized spacial score (nSPS) is 18.1. The summed E-state index contributed by atoms with van der Waals surface area (Å²) in [5.41, 5.74) is 4.78. The predicted molar refractivity (Wildman–Crippen MR) is 109 cm³/mol. The van der Waals surface area contributed by atoms with Crippen LogP contribution in [-0.4, -0.2) is 48.1 Å². The Labute approximate surface area is 164 Å². The average molecular weight is 379 g/mol. The summed E-state index contributed by atoms with van der Waals surface area (Å²) in [5.74, 6) is -0.348. The number of imide groups is 1. The Bertz CT molecular complexity index is 938. The lowest BCUT2D eigenvalue weighted by Crippen LogP contribution is -2.35. The number of carbonyl (C=O) groups is 2. The zero-order chi connectivity index (χ0) is 19.7. The van der Waals surface area contributed by atoms with Crippen molar-refractivity contribution >= 4 is 29.3 Å². The summed E-state index contributed by atoms with van der Waals surface area (Å²) in [6.45, 7) is 7.06. The first-order valence-electron chi connectivity index (χ1n) is 9.75. The van der Waals surface area contributed by atoms with E-state index in [1.54, 1.807) is 6.07 Å². The minimum absolute atomic E-state index is 0.290. The maximum atomic E-state index is 13.1. The van der Waals surface area contributed by atoms with E-state index in [1.807, 2.05) is 44.2 Å². The van der Waals surface area contributed by atoms with Crippen LogP contribution in [0.2, 0.25) is 0 Å². The lowest BCUT2D eigenvalue weighted by atomic mass is 10.1. The fraction of sp³-hybridized carbons (Fsp3) is 0.364. The topological polar surface area (TPSA) is 65.6 Å². The Morgan fingerprint density at radius 1 is 1.21 bits per heavy atom. The average Bonchev–Trinajstić information content (AvgIpc) is 3.35. The van der Waals surface area contributed by atoms with Crippen LogP contribution in [0, 0.1) is 13.8 Å². The summed E-state index contributed by atoms with van der Waals surface area (Å²) in [6.07, 6.45) is 3.59. The third-order valence-electron chi connectivity index (χ3n) is 5.36. The number of carbonyl (C=O) groups excluding carboxylic acids is 2. The van der Waals surface area contributed by atoms with Gasteiger partial charge in [0.2, 0.25) is 0 Å².